The van der Waals surface area contributed by atoms with Crippen molar-refractivity contribution in [3.63, 3.8) is 0 Å². The van der Waals surface area contributed by atoms with Crippen molar-refractivity contribution in [2.45, 2.75) is 25.9 Å². The second-order valence-corrected chi connectivity index (χ2v) is 5.95. The normalized spacial score (nSPS) is 13.7. The minimum absolute atomic E-state index is 0.273. The van der Waals surface area contributed by atoms with Crippen LogP contribution in [0.1, 0.15) is 37.1 Å². The molecule has 2 nitrogen and oxygen atoms in total. The second kappa shape index (κ2) is 6.84. The fourth-order valence-electron chi connectivity index (χ4n) is 3.08. The van der Waals surface area contributed by atoms with E-state index in [2.05, 4.69) is 73.8 Å². The van der Waals surface area contributed by atoms with Gasteiger partial charge in [-0.1, -0.05) is 54.6 Å². The van der Waals surface area contributed by atoms with Crippen molar-refractivity contribution in [3.05, 3.63) is 77.9 Å². The molecule has 0 amide bonds. The van der Waals surface area contributed by atoms with Crippen molar-refractivity contribution in [3.8, 4) is 5.75 Å². The maximum Gasteiger partial charge on any atom is 0.118 e. The molecule has 1 unspecified atom stereocenters. The number of fused-ring (bicyclic) bond motifs is 1. The molecule has 0 spiro atoms. The van der Waals surface area contributed by atoms with Crippen LogP contribution < -0.4 is 10.1 Å². The van der Waals surface area contributed by atoms with Gasteiger partial charge in [-0.2, -0.15) is 0 Å². The number of rotatable bonds is 5. The Labute approximate surface area is 138 Å². The summed E-state index contributed by atoms with van der Waals surface area (Å²) in [4.78, 5) is 0. The predicted octanol–water partition coefficient (Wildman–Crippen LogP) is 5.26. The molecule has 0 fully saturated rings. The van der Waals surface area contributed by atoms with Crippen LogP contribution >= 0.6 is 0 Å². The first-order valence-corrected chi connectivity index (χ1v) is 8.06. The number of hydrogen-bond donors (Lipinski definition) is 1. The van der Waals surface area contributed by atoms with Gasteiger partial charge in [0.15, 0.2) is 0 Å². The van der Waals surface area contributed by atoms with Gasteiger partial charge in [-0.15, -0.1) is 0 Å². The van der Waals surface area contributed by atoms with Crippen LogP contribution in [0.4, 0.5) is 0 Å². The lowest BCUT2D eigenvalue weighted by Gasteiger charge is -2.22. The van der Waals surface area contributed by atoms with Gasteiger partial charge in [0, 0.05) is 12.1 Å². The van der Waals surface area contributed by atoms with Crippen molar-refractivity contribution in [1.29, 1.82) is 0 Å². The summed E-state index contributed by atoms with van der Waals surface area (Å²) in [5.41, 5.74) is 2.60. The fourth-order valence-corrected chi connectivity index (χ4v) is 3.08. The van der Waals surface area contributed by atoms with Crippen molar-refractivity contribution in [2.75, 3.05) is 7.11 Å². The van der Waals surface area contributed by atoms with Crippen molar-refractivity contribution in [2.24, 2.45) is 0 Å². The van der Waals surface area contributed by atoms with E-state index < -0.39 is 0 Å². The Morgan fingerprint density at radius 3 is 2.22 bits per heavy atom. The number of hydrogen-bond acceptors (Lipinski definition) is 2. The smallest absolute Gasteiger partial charge is 0.118 e. The van der Waals surface area contributed by atoms with Crippen LogP contribution in [0.15, 0.2) is 66.7 Å². The number of nitrogens with one attached hydrogen (secondary N) is 1. The standard InChI is InChI=1S/C21H23NO/c1-15(17-11-13-19(23-3)14-12-17)22-16(2)20-10-6-8-18-7-4-5-9-21(18)20/h4-16,22H,1-3H3/t15?,16-/m1/s1. The summed E-state index contributed by atoms with van der Waals surface area (Å²) in [6, 6.07) is 23.9. The van der Waals surface area contributed by atoms with E-state index in [1.807, 2.05) is 12.1 Å². The Kier molecular flexibility index (Phi) is 4.63. The molecule has 23 heavy (non-hydrogen) atoms. The molecule has 0 heterocycles. The summed E-state index contributed by atoms with van der Waals surface area (Å²) in [5.74, 6) is 0.892. The first-order chi connectivity index (χ1) is 11.2. The van der Waals surface area contributed by atoms with E-state index in [-0.39, 0.29) is 12.1 Å². The van der Waals surface area contributed by atoms with Crippen LogP contribution in [0, 0.1) is 0 Å². The molecule has 3 aromatic carbocycles. The van der Waals surface area contributed by atoms with Gasteiger partial charge < -0.3 is 10.1 Å². The number of ether oxygens (including phenoxy) is 1. The van der Waals surface area contributed by atoms with Crippen LogP contribution in [0.25, 0.3) is 10.8 Å². The molecule has 0 aliphatic rings. The average molecular weight is 305 g/mol. The molecule has 2 heteroatoms. The zero-order valence-electron chi connectivity index (χ0n) is 13.9. The Morgan fingerprint density at radius 1 is 0.783 bits per heavy atom. The van der Waals surface area contributed by atoms with Gasteiger partial charge in [0.25, 0.3) is 0 Å². The molecular formula is C21H23NO. The fraction of sp³-hybridized carbons (Fsp3) is 0.238. The second-order valence-electron chi connectivity index (χ2n) is 5.95. The largest absolute Gasteiger partial charge is 0.497 e. The van der Waals surface area contributed by atoms with Crippen LogP contribution in [0.3, 0.4) is 0 Å². The highest BCUT2D eigenvalue weighted by molar-refractivity contribution is 5.86. The van der Waals surface area contributed by atoms with Crippen LogP contribution in [-0.2, 0) is 0 Å². The molecule has 3 rings (SSSR count). The molecule has 0 aliphatic heterocycles. The third kappa shape index (κ3) is 3.38. The topological polar surface area (TPSA) is 21.3 Å². The average Bonchev–Trinajstić information content (AvgIpc) is 2.61. The molecule has 0 saturated heterocycles. The van der Waals surface area contributed by atoms with Gasteiger partial charge in [0.05, 0.1) is 7.11 Å². The van der Waals surface area contributed by atoms with Crippen LogP contribution in [0.5, 0.6) is 5.75 Å². The maximum atomic E-state index is 5.23. The van der Waals surface area contributed by atoms with Gasteiger partial charge >= 0.3 is 0 Å². The zero-order valence-corrected chi connectivity index (χ0v) is 13.9. The quantitative estimate of drug-likeness (QED) is 0.694. The van der Waals surface area contributed by atoms with Gasteiger partial charge in [0.1, 0.15) is 5.75 Å². The Hall–Kier alpha value is -2.32. The minimum atomic E-state index is 0.273. The molecule has 0 bridgehead atoms. The summed E-state index contributed by atoms with van der Waals surface area (Å²) in [5, 5.41) is 6.31. The van der Waals surface area contributed by atoms with E-state index in [1.165, 1.54) is 21.9 Å². The SMILES string of the molecule is COc1ccc(C(C)N[C@H](C)c2cccc3ccccc23)cc1. The Balaban J connectivity index is 1.80. The summed E-state index contributed by atoms with van der Waals surface area (Å²) < 4.78 is 5.23. The maximum absolute atomic E-state index is 5.23. The van der Waals surface area contributed by atoms with E-state index in [9.17, 15) is 0 Å². The highest BCUT2D eigenvalue weighted by Crippen LogP contribution is 2.26. The van der Waals surface area contributed by atoms with E-state index in [4.69, 9.17) is 4.74 Å². The van der Waals surface area contributed by atoms with E-state index in [1.54, 1.807) is 7.11 Å². The molecule has 0 aromatic heterocycles. The molecule has 3 aromatic rings. The molecule has 1 N–H and O–H groups in total. The summed E-state index contributed by atoms with van der Waals surface area (Å²) in [7, 11) is 1.69. The third-order valence-corrected chi connectivity index (χ3v) is 4.41. The lowest BCUT2D eigenvalue weighted by atomic mass is 9.98. The first-order valence-electron chi connectivity index (χ1n) is 8.06. The van der Waals surface area contributed by atoms with Crippen molar-refractivity contribution >= 4 is 10.8 Å². The Bertz CT molecular complexity index is 774. The van der Waals surface area contributed by atoms with Gasteiger partial charge in [-0.3, -0.25) is 0 Å². The molecule has 0 aliphatic carbocycles. The monoisotopic (exact) mass is 305 g/mol. The lowest BCUT2D eigenvalue weighted by molar-refractivity contribution is 0.414. The third-order valence-electron chi connectivity index (χ3n) is 4.41. The predicted molar refractivity (Wildman–Crippen MR) is 96.9 cm³/mol. The van der Waals surface area contributed by atoms with Gasteiger partial charge in [-0.05, 0) is 47.9 Å². The minimum Gasteiger partial charge on any atom is -0.497 e. The highest BCUT2D eigenvalue weighted by Gasteiger charge is 2.13. The highest BCUT2D eigenvalue weighted by atomic mass is 16.5. The summed E-state index contributed by atoms with van der Waals surface area (Å²) in [6.45, 7) is 4.42. The van der Waals surface area contributed by atoms with Gasteiger partial charge in [-0.25, -0.2) is 0 Å². The zero-order chi connectivity index (χ0) is 16.2. The van der Waals surface area contributed by atoms with E-state index in [0.29, 0.717) is 0 Å². The van der Waals surface area contributed by atoms with Crippen LogP contribution in [-0.4, -0.2) is 7.11 Å². The van der Waals surface area contributed by atoms with Crippen LogP contribution in [0.2, 0.25) is 0 Å². The Morgan fingerprint density at radius 2 is 1.48 bits per heavy atom. The lowest BCUT2D eigenvalue weighted by Crippen LogP contribution is -2.22. The molecule has 2 atom stereocenters. The van der Waals surface area contributed by atoms with E-state index in [0.717, 1.165) is 5.75 Å². The summed E-state index contributed by atoms with van der Waals surface area (Å²) in [6.07, 6.45) is 0. The van der Waals surface area contributed by atoms with Crippen molar-refractivity contribution < 1.29 is 4.74 Å². The number of benzene rings is 3. The molecular weight excluding hydrogens is 282 g/mol. The van der Waals surface area contributed by atoms with E-state index >= 15 is 0 Å². The molecule has 118 valence electrons. The first kappa shape index (κ1) is 15.6. The number of methoxy groups -OCH3 is 1. The summed E-state index contributed by atoms with van der Waals surface area (Å²) >= 11 is 0. The molecule has 0 radical (unpaired) electrons. The molecule has 0 saturated carbocycles. The van der Waals surface area contributed by atoms with Gasteiger partial charge in [0.2, 0.25) is 0 Å². The van der Waals surface area contributed by atoms with Crippen molar-refractivity contribution in [1.82, 2.24) is 5.32 Å².